The van der Waals surface area contributed by atoms with Gasteiger partial charge < -0.3 is 9.64 Å². The fourth-order valence-electron chi connectivity index (χ4n) is 3.16. The summed E-state index contributed by atoms with van der Waals surface area (Å²) in [6.07, 6.45) is 0. The normalized spacial score (nSPS) is 15.7. The van der Waals surface area contributed by atoms with Crippen molar-refractivity contribution in [2.45, 2.75) is 11.1 Å². The molecule has 0 atom stereocenters. The van der Waals surface area contributed by atoms with Crippen molar-refractivity contribution in [1.82, 2.24) is 9.29 Å². The number of benzene rings is 1. The third kappa shape index (κ3) is 3.80. The smallest absolute Gasteiger partial charge is 0.252 e. The Kier molecular flexibility index (Phi) is 5.42. The summed E-state index contributed by atoms with van der Waals surface area (Å²) in [6.45, 7) is 4.20. The van der Waals surface area contributed by atoms with Crippen LogP contribution < -0.4 is 9.64 Å². The molecule has 3 aromatic rings. The van der Waals surface area contributed by atoms with Crippen LogP contribution in [0.3, 0.4) is 0 Å². The zero-order valence-corrected chi connectivity index (χ0v) is 18.1. The third-order valence-electron chi connectivity index (χ3n) is 4.71. The molecule has 0 radical (unpaired) electrons. The van der Waals surface area contributed by atoms with Crippen LogP contribution in [0.1, 0.15) is 5.69 Å². The molecule has 1 saturated heterocycles. The van der Waals surface area contributed by atoms with Gasteiger partial charge in [-0.15, -0.1) is 22.7 Å². The summed E-state index contributed by atoms with van der Waals surface area (Å²) in [5, 5.41) is 4.71. The van der Waals surface area contributed by atoms with Gasteiger partial charge in [-0.1, -0.05) is 0 Å². The van der Waals surface area contributed by atoms with E-state index in [0.29, 0.717) is 30.4 Å². The van der Waals surface area contributed by atoms with Gasteiger partial charge in [0.2, 0.25) is 0 Å². The minimum atomic E-state index is -3.48. The van der Waals surface area contributed by atoms with E-state index in [4.69, 9.17) is 4.74 Å². The van der Waals surface area contributed by atoms with Gasteiger partial charge in [-0.2, -0.15) is 4.31 Å². The van der Waals surface area contributed by atoms with Crippen molar-refractivity contribution in [2.75, 3.05) is 38.2 Å². The monoisotopic (exact) mass is 435 g/mol. The van der Waals surface area contributed by atoms with Crippen molar-refractivity contribution in [1.29, 1.82) is 0 Å². The molecular weight excluding hydrogens is 414 g/mol. The molecular formula is C19H21N3O3S3. The number of aryl methyl sites for hydroxylation is 1. The lowest BCUT2D eigenvalue weighted by Gasteiger charge is -2.35. The van der Waals surface area contributed by atoms with Gasteiger partial charge in [0, 0.05) is 53.9 Å². The quantitative estimate of drug-likeness (QED) is 0.612. The number of sulfonamides is 1. The second kappa shape index (κ2) is 7.82. The number of piperazine rings is 1. The lowest BCUT2D eigenvalue weighted by Crippen LogP contribution is -2.48. The largest absolute Gasteiger partial charge is 0.497 e. The standard InChI is InChI=1S/C19H21N3O3S3/c1-14-12-27-19(20-14)15-11-18(26-13-15)28(23,24)22-9-7-21(8-10-22)16-3-5-17(25-2)6-4-16/h3-6,11-13H,7-10H2,1-2H3. The Bertz CT molecular complexity index is 1050. The van der Waals surface area contributed by atoms with E-state index in [2.05, 4.69) is 9.88 Å². The van der Waals surface area contributed by atoms with Crippen LogP contribution in [0.4, 0.5) is 5.69 Å². The van der Waals surface area contributed by atoms with Crippen LogP contribution in [0.15, 0.2) is 45.3 Å². The molecule has 0 saturated carbocycles. The van der Waals surface area contributed by atoms with E-state index in [-0.39, 0.29) is 0 Å². The molecule has 6 nitrogen and oxygen atoms in total. The minimum absolute atomic E-state index is 0.383. The SMILES string of the molecule is COc1ccc(N2CCN(S(=O)(=O)c3cc(-c4nc(C)cs4)cs3)CC2)cc1. The third-order valence-corrected chi connectivity index (χ3v) is 9.03. The van der Waals surface area contributed by atoms with E-state index in [1.165, 1.54) is 22.7 Å². The average Bonchev–Trinajstić information content (AvgIpc) is 3.38. The second-order valence-electron chi connectivity index (χ2n) is 6.54. The van der Waals surface area contributed by atoms with Crippen LogP contribution in [-0.4, -0.2) is 51.0 Å². The van der Waals surface area contributed by atoms with Crippen molar-refractivity contribution in [2.24, 2.45) is 0 Å². The number of nitrogens with zero attached hydrogens (tertiary/aromatic N) is 3. The molecule has 0 aliphatic carbocycles. The van der Waals surface area contributed by atoms with Gasteiger partial charge in [0.25, 0.3) is 10.0 Å². The summed E-state index contributed by atoms with van der Waals surface area (Å²) in [6, 6.07) is 9.60. The predicted octanol–water partition coefficient (Wildman–Crippen LogP) is 3.70. The molecule has 1 fully saturated rings. The van der Waals surface area contributed by atoms with Crippen molar-refractivity contribution in [3.63, 3.8) is 0 Å². The van der Waals surface area contributed by atoms with Crippen LogP contribution in [0.5, 0.6) is 5.75 Å². The highest BCUT2D eigenvalue weighted by Gasteiger charge is 2.30. The van der Waals surface area contributed by atoms with Gasteiger partial charge in [-0.25, -0.2) is 13.4 Å². The van der Waals surface area contributed by atoms with Gasteiger partial charge in [0.05, 0.1) is 7.11 Å². The first-order valence-corrected chi connectivity index (χ1v) is 12.1. The van der Waals surface area contributed by atoms with Crippen molar-refractivity contribution < 1.29 is 13.2 Å². The number of aromatic nitrogens is 1. The lowest BCUT2D eigenvalue weighted by molar-refractivity contribution is 0.385. The van der Waals surface area contributed by atoms with Crippen LogP contribution in [0.25, 0.3) is 10.6 Å². The van der Waals surface area contributed by atoms with E-state index in [1.54, 1.807) is 17.5 Å². The zero-order valence-electron chi connectivity index (χ0n) is 15.7. The Morgan fingerprint density at radius 3 is 2.36 bits per heavy atom. The maximum absolute atomic E-state index is 13.0. The molecule has 4 rings (SSSR count). The number of thiophene rings is 1. The lowest BCUT2D eigenvalue weighted by atomic mass is 10.2. The highest BCUT2D eigenvalue weighted by atomic mass is 32.2. The van der Waals surface area contributed by atoms with E-state index < -0.39 is 10.0 Å². The molecule has 0 N–H and O–H groups in total. The van der Waals surface area contributed by atoms with E-state index in [1.807, 2.05) is 41.9 Å². The number of hydrogen-bond acceptors (Lipinski definition) is 7. The highest BCUT2D eigenvalue weighted by Crippen LogP contribution is 2.32. The summed E-state index contributed by atoms with van der Waals surface area (Å²) in [5.74, 6) is 0.814. The Morgan fingerprint density at radius 2 is 1.75 bits per heavy atom. The van der Waals surface area contributed by atoms with Crippen molar-refractivity contribution in [3.05, 3.63) is 46.8 Å². The van der Waals surface area contributed by atoms with Crippen LogP contribution in [0, 0.1) is 6.92 Å². The summed E-state index contributed by atoms with van der Waals surface area (Å²) in [5.41, 5.74) is 2.90. The molecule has 1 aliphatic heterocycles. The van der Waals surface area contributed by atoms with E-state index in [0.717, 1.165) is 27.7 Å². The first kappa shape index (κ1) is 19.4. The summed E-state index contributed by atoms with van der Waals surface area (Å²) in [7, 11) is -1.83. The van der Waals surface area contributed by atoms with Gasteiger partial charge >= 0.3 is 0 Å². The molecule has 1 aliphatic rings. The van der Waals surface area contributed by atoms with Crippen LogP contribution in [-0.2, 0) is 10.0 Å². The molecule has 28 heavy (non-hydrogen) atoms. The molecule has 0 spiro atoms. The summed E-state index contributed by atoms with van der Waals surface area (Å²) < 4.78 is 33.3. The van der Waals surface area contributed by atoms with E-state index >= 15 is 0 Å². The Morgan fingerprint density at radius 1 is 1.04 bits per heavy atom. The molecule has 3 heterocycles. The minimum Gasteiger partial charge on any atom is -0.497 e. The number of ether oxygens (including phenoxy) is 1. The molecule has 1 aromatic carbocycles. The number of rotatable bonds is 5. The zero-order chi connectivity index (χ0) is 19.7. The fourth-order valence-corrected chi connectivity index (χ4v) is 6.76. The maximum atomic E-state index is 13.0. The van der Waals surface area contributed by atoms with Crippen molar-refractivity contribution >= 4 is 38.4 Å². The van der Waals surface area contributed by atoms with Gasteiger partial charge in [0.15, 0.2) is 0 Å². The number of anilines is 1. The van der Waals surface area contributed by atoms with Gasteiger partial charge in [0.1, 0.15) is 15.0 Å². The first-order chi connectivity index (χ1) is 13.5. The molecule has 0 unspecified atom stereocenters. The van der Waals surface area contributed by atoms with Crippen LogP contribution >= 0.6 is 22.7 Å². The Labute approximate surface area is 173 Å². The molecule has 2 aromatic heterocycles. The molecule has 0 amide bonds. The van der Waals surface area contributed by atoms with Gasteiger partial charge in [-0.3, -0.25) is 0 Å². The number of thiazole rings is 1. The van der Waals surface area contributed by atoms with Gasteiger partial charge in [-0.05, 0) is 37.3 Å². The van der Waals surface area contributed by atoms with Crippen molar-refractivity contribution in [3.8, 4) is 16.3 Å². The summed E-state index contributed by atoms with van der Waals surface area (Å²) >= 11 is 2.80. The number of methoxy groups -OCH3 is 1. The highest BCUT2D eigenvalue weighted by molar-refractivity contribution is 7.91. The Balaban J connectivity index is 1.45. The van der Waals surface area contributed by atoms with E-state index in [9.17, 15) is 8.42 Å². The first-order valence-electron chi connectivity index (χ1n) is 8.87. The topological polar surface area (TPSA) is 62.7 Å². The van der Waals surface area contributed by atoms with Crippen LogP contribution in [0.2, 0.25) is 0 Å². The second-order valence-corrected chi connectivity index (χ2v) is 10.5. The molecule has 9 heteroatoms. The molecule has 0 bridgehead atoms. The Hall–Kier alpha value is -1.94. The summed E-state index contributed by atoms with van der Waals surface area (Å²) in [4.78, 5) is 6.64. The maximum Gasteiger partial charge on any atom is 0.252 e. The number of hydrogen-bond donors (Lipinski definition) is 0. The average molecular weight is 436 g/mol. The molecule has 148 valence electrons. The predicted molar refractivity (Wildman–Crippen MR) is 114 cm³/mol. The fraction of sp³-hybridized carbons (Fsp3) is 0.316.